The molecule has 0 radical (unpaired) electrons. The Morgan fingerprint density at radius 3 is 2.68 bits per heavy atom. The van der Waals surface area contributed by atoms with Crippen molar-refractivity contribution in [2.45, 2.75) is 12.0 Å². The Hall–Kier alpha value is -1.99. The van der Waals surface area contributed by atoms with Crippen LogP contribution in [-0.4, -0.2) is 29.6 Å². The summed E-state index contributed by atoms with van der Waals surface area (Å²) in [4.78, 5) is 14.6. The molecule has 2 aliphatic heterocycles. The number of amides is 1. The van der Waals surface area contributed by atoms with Crippen molar-refractivity contribution in [3.05, 3.63) is 63.4 Å². The fourth-order valence-electron chi connectivity index (χ4n) is 3.35. The highest BCUT2D eigenvalue weighted by Crippen LogP contribution is 2.39. The second-order valence-electron chi connectivity index (χ2n) is 6.09. The summed E-state index contributed by atoms with van der Waals surface area (Å²) in [6, 6.07) is 10.3. The van der Waals surface area contributed by atoms with Crippen LogP contribution >= 0.6 is 28.1 Å². The fourth-order valence-corrected chi connectivity index (χ4v) is 3.96. The van der Waals surface area contributed by atoms with E-state index in [1.165, 1.54) is 11.0 Å². The summed E-state index contributed by atoms with van der Waals surface area (Å²) in [6.45, 7) is 0.633. The first-order valence-corrected chi connectivity index (χ1v) is 8.95. The highest BCUT2D eigenvalue weighted by atomic mass is 79.9. The maximum Gasteiger partial charge on any atom is 0.263 e. The van der Waals surface area contributed by atoms with Crippen molar-refractivity contribution in [2.75, 3.05) is 13.7 Å². The summed E-state index contributed by atoms with van der Waals surface area (Å²) >= 11 is 8.52. The number of carbonyl (C=O) groups is 1. The first-order valence-electron chi connectivity index (χ1n) is 7.75. The first kappa shape index (κ1) is 16.5. The molecule has 2 aromatic carbocycles. The van der Waals surface area contributed by atoms with Crippen molar-refractivity contribution in [2.24, 2.45) is 0 Å². The third-order valence-electron chi connectivity index (χ3n) is 4.70. The molecule has 128 valence electrons. The van der Waals surface area contributed by atoms with E-state index >= 15 is 0 Å². The number of halogens is 2. The minimum absolute atomic E-state index is 0.199. The van der Waals surface area contributed by atoms with Crippen molar-refractivity contribution < 1.29 is 13.9 Å². The summed E-state index contributed by atoms with van der Waals surface area (Å²) in [7, 11) is 1.63. The van der Waals surface area contributed by atoms with E-state index in [0.717, 1.165) is 23.3 Å². The van der Waals surface area contributed by atoms with E-state index in [9.17, 15) is 9.18 Å². The standard InChI is InChI=1S/C18H14BrFN2O2S/c1-22-16(23)18(21-17(22)25,12-2-4-14(20)13(19)9-12)11-3-5-15-10(8-11)6-7-24-15/h2-5,8-9H,6-7H2,1H3,(H,21,25). The van der Waals surface area contributed by atoms with Gasteiger partial charge >= 0.3 is 0 Å². The zero-order chi connectivity index (χ0) is 17.8. The van der Waals surface area contributed by atoms with Crippen molar-refractivity contribution in [3.8, 4) is 5.75 Å². The number of hydrogen-bond acceptors (Lipinski definition) is 3. The van der Waals surface area contributed by atoms with Crippen molar-refractivity contribution in [1.29, 1.82) is 0 Å². The van der Waals surface area contributed by atoms with Crippen LogP contribution in [0.1, 0.15) is 16.7 Å². The predicted molar refractivity (Wildman–Crippen MR) is 99.0 cm³/mol. The second-order valence-corrected chi connectivity index (χ2v) is 7.34. The van der Waals surface area contributed by atoms with Gasteiger partial charge < -0.3 is 10.1 Å². The molecule has 1 fully saturated rings. The number of benzene rings is 2. The normalized spacial score (nSPS) is 22.0. The van der Waals surface area contributed by atoms with Gasteiger partial charge in [0.1, 0.15) is 11.6 Å². The molecule has 4 rings (SSSR count). The van der Waals surface area contributed by atoms with Gasteiger partial charge in [-0.05, 0) is 69.1 Å². The van der Waals surface area contributed by atoms with Crippen LogP contribution < -0.4 is 10.1 Å². The summed E-state index contributed by atoms with van der Waals surface area (Å²) in [5, 5.41) is 3.50. The van der Waals surface area contributed by atoms with Gasteiger partial charge in [-0.3, -0.25) is 9.69 Å². The molecule has 1 saturated heterocycles. The van der Waals surface area contributed by atoms with E-state index in [2.05, 4.69) is 21.2 Å². The highest BCUT2D eigenvalue weighted by molar-refractivity contribution is 9.10. The largest absolute Gasteiger partial charge is 0.493 e. The van der Waals surface area contributed by atoms with Crippen LogP contribution in [0.5, 0.6) is 5.75 Å². The third kappa shape index (κ3) is 2.37. The van der Waals surface area contributed by atoms with Gasteiger partial charge in [0.25, 0.3) is 5.91 Å². The molecule has 2 heterocycles. The quantitative estimate of drug-likeness (QED) is 0.757. The fraction of sp³-hybridized carbons (Fsp3) is 0.222. The Kier molecular flexibility index (Phi) is 3.81. The molecule has 0 spiro atoms. The average Bonchev–Trinajstić information content (AvgIpc) is 3.16. The summed E-state index contributed by atoms with van der Waals surface area (Å²) in [5.74, 6) is 0.248. The van der Waals surface area contributed by atoms with E-state index in [1.54, 1.807) is 19.2 Å². The van der Waals surface area contributed by atoms with Crippen molar-refractivity contribution >= 4 is 39.2 Å². The number of thiocarbonyl (C=S) groups is 1. The molecule has 1 unspecified atom stereocenters. The number of rotatable bonds is 2. The lowest BCUT2D eigenvalue weighted by Crippen LogP contribution is -2.45. The van der Waals surface area contributed by atoms with Gasteiger partial charge in [-0.25, -0.2) is 4.39 Å². The maximum absolute atomic E-state index is 13.7. The van der Waals surface area contributed by atoms with Crippen LogP contribution in [0.25, 0.3) is 0 Å². The molecular weight excluding hydrogens is 407 g/mol. The first-order chi connectivity index (χ1) is 11.9. The van der Waals surface area contributed by atoms with E-state index in [4.69, 9.17) is 17.0 Å². The Morgan fingerprint density at radius 2 is 2.00 bits per heavy atom. The van der Waals surface area contributed by atoms with Crippen LogP contribution in [0, 0.1) is 5.82 Å². The zero-order valence-corrected chi connectivity index (χ0v) is 15.7. The molecular formula is C18H14BrFN2O2S. The van der Waals surface area contributed by atoms with Gasteiger partial charge in [0.2, 0.25) is 0 Å². The number of hydrogen-bond donors (Lipinski definition) is 1. The molecule has 0 aliphatic carbocycles. The molecule has 7 heteroatoms. The van der Waals surface area contributed by atoms with Crippen LogP contribution in [0.4, 0.5) is 4.39 Å². The van der Waals surface area contributed by atoms with E-state index in [0.29, 0.717) is 21.8 Å². The molecule has 1 atom stereocenters. The molecule has 0 saturated carbocycles. The topological polar surface area (TPSA) is 41.6 Å². The van der Waals surface area contributed by atoms with Gasteiger partial charge in [0, 0.05) is 13.5 Å². The Labute approximate surface area is 158 Å². The monoisotopic (exact) mass is 420 g/mol. The minimum Gasteiger partial charge on any atom is -0.493 e. The predicted octanol–water partition coefficient (Wildman–Crippen LogP) is 3.11. The lowest BCUT2D eigenvalue weighted by molar-refractivity contribution is -0.129. The van der Waals surface area contributed by atoms with Gasteiger partial charge in [-0.1, -0.05) is 12.1 Å². The van der Waals surface area contributed by atoms with Gasteiger partial charge in [-0.15, -0.1) is 0 Å². The summed E-state index contributed by atoms with van der Waals surface area (Å²) in [5.41, 5.74) is 1.25. The lowest BCUT2D eigenvalue weighted by atomic mass is 9.82. The number of ether oxygens (including phenoxy) is 1. The SMILES string of the molecule is CN1C(=O)C(c2ccc(F)c(Br)c2)(c2ccc3c(c2)CCO3)NC1=S. The molecule has 1 amide bonds. The third-order valence-corrected chi connectivity index (χ3v) is 5.68. The Morgan fingerprint density at radius 1 is 1.28 bits per heavy atom. The second kappa shape index (κ2) is 5.78. The average molecular weight is 421 g/mol. The van der Waals surface area contributed by atoms with Gasteiger partial charge in [-0.2, -0.15) is 0 Å². The molecule has 0 aromatic heterocycles. The Balaban J connectivity index is 1.95. The summed E-state index contributed by atoms with van der Waals surface area (Å²) in [6.07, 6.45) is 0.793. The maximum atomic E-state index is 13.7. The number of nitrogens with one attached hydrogen (secondary N) is 1. The number of fused-ring (bicyclic) bond motifs is 1. The van der Waals surface area contributed by atoms with E-state index < -0.39 is 5.54 Å². The van der Waals surface area contributed by atoms with E-state index in [1.807, 2.05) is 18.2 Å². The molecule has 4 nitrogen and oxygen atoms in total. The van der Waals surface area contributed by atoms with Crippen molar-refractivity contribution in [1.82, 2.24) is 10.2 Å². The van der Waals surface area contributed by atoms with Crippen LogP contribution in [0.3, 0.4) is 0 Å². The molecule has 0 bridgehead atoms. The van der Waals surface area contributed by atoms with Crippen molar-refractivity contribution in [3.63, 3.8) is 0 Å². The molecule has 2 aromatic rings. The number of nitrogens with zero attached hydrogens (tertiary/aromatic N) is 1. The highest BCUT2D eigenvalue weighted by Gasteiger charge is 2.51. The lowest BCUT2D eigenvalue weighted by Gasteiger charge is -2.29. The zero-order valence-electron chi connectivity index (χ0n) is 13.3. The molecule has 2 aliphatic rings. The van der Waals surface area contributed by atoms with Crippen LogP contribution in [0.2, 0.25) is 0 Å². The number of likely N-dealkylation sites (N-methyl/N-ethyl adjacent to an activating group) is 1. The number of carbonyl (C=O) groups excluding carboxylic acids is 1. The minimum atomic E-state index is -1.18. The van der Waals surface area contributed by atoms with E-state index in [-0.39, 0.29) is 11.7 Å². The smallest absolute Gasteiger partial charge is 0.263 e. The van der Waals surface area contributed by atoms with Crippen LogP contribution in [0.15, 0.2) is 40.9 Å². The molecule has 25 heavy (non-hydrogen) atoms. The summed E-state index contributed by atoms with van der Waals surface area (Å²) < 4.78 is 19.6. The van der Waals surface area contributed by atoms with Crippen LogP contribution in [-0.2, 0) is 16.8 Å². The van der Waals surface area contributed by atoms with Gasteiger partial charge in [0.15, 0.2) is 10.7 Å². The molecule has 1 N–H and O–H groups in total. The van der Waals surface area contributed by atoms with Gasteiger partial charge in [0.05, 0.1) is 11.1 Å². The Bertz CT molecular complexity index is 920.